The first-order valence-electron chi connectivity index (χ1n) is 4.94. The molecule has 0 fully saturated rings. The van der Waals surface area contributed by atoms with Crippen molar-refractivity contribution in [1.29, 1.82) is 0 Å². The Balaban J connectivity index is 2.48. The number of H-pyrrole nitrogens is 1. The number of methoxy groups -OCH3 is 1. The van der Waals surface area contributed by atoms with Gasteiger partial charge in [0.15, 0.2) is 5.58 Å². The lowest BCUT2D eigenvalue weighted by molar-refractivity contribution is -0.00535. The molecule has 1 aromatic heterocycles. The summed E-state index contributed by atoms with van der Waals surface area (Å²) in [4.78, 5) is 15.5. The number of hydrogen-bond donors (Lipinski definition) is 1. The summed E-state index contributed by atoms with van der Waals surface area (Å²) in [5.41, 5.74) is 2.19. The minimum Gasteiger partial charge on any atom is -0.408 e. The van der Waals surface area contributed by atoms with Crippen LogP contribution in [-0.2, 0) is 4.74 Å². The third kappa shape index (κ3) is 1.87. The lowest BCUT2D eigenvalue weighted by Crippen LogP contribution is -2.21. The van der Waals surface area contributed by atoms with Gasteiger partial charge in [-0.15, -0.1) is 0 Å². The van der Waals surface area contributed by atoms with E-state index in [0.717, 1.165) is 5.56 Å². The average molecular weight is 222 g/mol. The van der Waals surface area contributed by atoms with Gasteiger partial charge in [0.2, 0.25) is 0 Å². The molecule has 5 nitrogen and oxygen atoms in total. The molecule has 1 heterocycles. The third-order valence-electron chi connectivity index (χ3n) is 2.42. The third-order valence-corrected chi connectivity index (χ3v) is 2.42. The van der Waals surface area contributed by atoms with Crippen molar-refractivity contribution in [3.63, 3.8) is 0 Å². The van der Waals surface area contributed by atoms with Gasteiger partial charge in [-0.3, -0.25) is 9.88 Å². The molecule has 0 radical (unpaired) electrons. The zero-order chi connectivity index (χ0) is 11.7. The van der Waals surface area contributed by atoms with Crippen LogP contribution in [0.1, 0.15) is 11.8 Å². The molecule has 86 valence electrons. The van der Waals surface area contributed by atoms with Crippen LogP contribution >= 0.6 is 0 Å². The molecule has 1 N–H and O–H groups in total. The number of hydrogen-bond acceptors (Lipinski definition) is 4. The molecule has 0 saturated heterocycles. The standard InChI is InChI=1S/C11H14N2O3/c1-13(2)10(15-3)7-4-5-8-9(6-7)16-11(14)12-8/h4-6,10H,1-3H3,(H,12,14). The molecule has 0 saturated carbocycles. The van der Waals surface area contributed by atoms with E-state index in [1.54, 1.807) is 13.2 Å². The van der Waals surface area contributed by atoms with E-state index < -0.39 is 5.76 Å². The molecule has 0 amide bonds. The Morgan fingerprint density at radius 3 is 2.81 bits per heavy atom. The molecular formula is C11H14N2O3. The van der Waals surface area contributed by atoms with Crippen molar-refractivity contribution in [3.05, 3.63) is 34.3 Å². The minimum absolute atomic E-state index is 0.149. The summed E-state index contributed by atoms with van der Waals surface area (Å²) in [5.74, 6) is -0.439. The number of aromatic amines is 1. The number of ether oxygens (including phenoxy) is 1. The summed E-state index contributed by atoms with van der Waals surface area (Å²) in [7, 11) is 5.49. The van der Waals surface area contributed by atoms with Crippen LogP contribution in [0.5, 0.6) is 0 Å². The van der Waals surface area contributed by atoms with Gasteiger partial charge in [0.25, 0.3) is 0 Å². The Bertz CT molecular complexity index is 541. The molecule has 0 aliphatic heterocycles. The Morgan fingerprint density at radius 2 is 2.19 bits per heavy atom. The zero-order valence-electron chi connectivity index (χ0n) is 9.48. The number of nitrogens with one attached hydrogen (secondary N) is 1. The van der Waals surface area contributed by atoms with Crippen molar-refractivity contribution in [2.45, 2.75) is 6.23 Å². The quantitative estimate of drug-likeness (QED) is 0.796. The largest absolute Gasteiger partial charge is 0.417 e. The Kier molecular flexibility index (Phi) is 2.80. The highest BCUT2D eigenvalue weighted by Crippen LogP contribution is 2.22. The Hall–Kier alpha value is -1.59. The fraction of sp³-hybridized carbons (Fsp3) is 0.364. The van der Waals surface area contributed by atoms with Gasteiger partial charge in [-0.1, -0.05) is 6.07 Å². The van der Waals surface area contributed by atoms with Crippen molar-refractivity contribution in [3.8, 4) is 0 Å². The molecule has 0 aliphatic carbocycles. The minimum atomic E-state index is -0.439. The molecule has 1 unspecified atom stereocenters. The summed E-state index contributed by atoms with van der Waals surface area (Å²) in [6, 6.07) is 5.52. The highest BCUT2D eigenvalue weighted by Gasteiger charge is 2.14. The monoisotopic (exact) mass is 222 g/mol. The fourth-order valence-corrected chi connectivity index (χ4v) is 1.76. The van der Waals surface area contributed by atoms with Crippen molar-refractivity contribution >= 4 is 11.1 Å². The molecule has 1 atom stereocenters. The normalized spacial score (nSPS) is 13.5. The van der Waals surface area contributed by atoms with Crippen LogP contribution in [0.15, 0.2) is 27.4 Å². The lowest BCUT2D eigenvalue weighted by atomic mass is 10.1. The fourth-order valence-electron chi connectivity index (χ4n) is 1.76. The van der Waals surface area contributed by atoms with Gasteiger partial charge in [0.1, 0.15) is 6.23 Å². The molecule has 1 aromatic carbocycles. The van der Waals surface area contributed by atoms with Crippen LogP contribution in [0.3, 0.4) is 0 Å². The van der Waals surface area contributed by atoms with Gasteiger partial charge < -0.3 is 9.15 Å². The van der Waals surface area contributed by atoms with E-state index in [1.807, 2.05) is 31.1 Å². The van der Waals surface area contributed by atoms with E-state index >= 15 is 0 Å². The van der Waals surface area contributed by atoms with E-state index in [0.29, 0.717) is 11.1 Å². The SMILES string of the molecule is COC(c1ccc2[nH]c(=O)oc2c1)N(C)C. The lowest BCUT2D eigenvalue weighted by Gasteiger charge is -2.22. The van der Waals surface area contributed by atoms with Gasteiger partial charge in [-0.05, 0) is 31.8 Å². The van der Waals surface area contributed by atoms with Gasteiger partial charge in [0.05, 0.1) is 5.52 Å². The summed E-state index contributed by atoms with van der Waals surface area (Å²) in [6.07, 6.45) is -0.149. The van der Waals surface area contributed by atoms with E-state index in [2.05, 4.69) is 4.98 Å². The second kappa shape index (κ2) is 4.11. The first-order chi connectivity index (χ1) is 7.61. The first kappa shape index (κ1) is 10.9. The number of nitrogens with zero attached hydrogens (tertiary/aromatic N) is 1. The number of benzene rings is 1. The van der Waals surface area contributed by atoms with Crippen molar-refractivity contribution in [1.82, 2.24) is 9.88 Å². The van der Waals surface area contributed by atoms with Crippen LogP contribution in [0.4, 0.5) is 0 Å². The number of aromatic nitrogens is 1. The highest BCUT2D eigenvalue weighted by molar-refractivity contribution is 5.72. The maximum Gasteiger partial charge on any atom is 0.417 e. The summed E-state index contributed by atoms with van der Waals surface area (Å²) >= 11 is 0. The smallest absolute Gasteiger partial charge is 0.408 e. The summed E-state index contributed by atoms with van der Waals surface area (Å²) < 4.78 is 10.3. The second-order valence-corrected chi connectivity index (χ2v) is 3.82. The molecule has 0 bridgehead atoms. The molecule has 0 spiro atoms. The van der Waals surface area contributed by atoms with Crippen LogP contribution in [0.25, 0.3) is 11.1 Å². The van der Waals surface area contributed by atoms with Crippen LogP contribution in [-0.4, -0.2) is 31.1 Å². The zero-order valence-corrected chi connectivity index (χ0v) is 9.48. The average Bonchev–Trinajstić information content (AvgIpc) is 2.57. The molecule has 2 aromatic rings. The van der Waals surface area contributed by atoms with E-state index in [1.165, 1.54) is 0 Å². The predicted octanol–water partition coefficient (Wildman–Crippen LogP) is 1.33. The molecular weight excluding hydrogens is 208 g/mol. The van der Waals surface area contributed by atoms with E-state index in [4.69, 9.17) is 9.15 Å². The van der Waals surface area contributed by atoms with Gasteiger partial charge in [0, 0.05) is 7.11 Å². The van der Waals surface area contributed by atoms with Crippen molar-refractivity contribution in [2.24, 2.45) is 0 Å². The molecule has 2 rings (SSSR count). The molecule has 0 aliphatic rings. The predicted molar refractivity (Wildman–Crippen MR) is 60.3 cm³/mol. The van der Waals surface area contributed by atoms with E-state index in [9.17, 15) is 4.79 Å². The maximum absolute atomic E-state index is 11.0. The summed E-state index contributed by atoms with van der Waals surface area (Å²) in [6.45, 7) is 0. The molecule has 5 heteroatoms. The highest BCUT2D eigenvalue weighted by atomic mass is 16.5. The van der Waals surface area contributed by atoms with Crippen LogP contribution in [0.2, 0.25) is 0 Å². The maximum atomic E-state index is 11.0. The Labute approximate surface area is 92.6 Å². The number of oxazole rings is 1. The van der Waals surface area contributed by atoms with Crippen LogP contribution < -0.4 is 5.76 Å². The number of fused-ring (bicyclic) bond motifs is 1. The van der Waals surface area contributed by atoms with E-state index in [-0.39, 0.29) is 6.23 Å². The van der Waals surface area contributed by atoms with Crippen molar-refractivity contribution < 1.29 is 9.15 Å². The molecule has 16 heavy (non-hydrogen) atoms. The Morgan fingerprint density at radius 1 is 1.44 bits per heavy atom. The van der Waals surface area contributed by atoms with Gasteiger partial charge in [-0.2, -0.15) is 0 Å². The second-order valence-electron chi connectivity index (χ2n) is 3.82. The first-order valence-corrected chi connectivity index (χ1v) is 4.94. The topological polar surface area (TPSA) is 58.5 Å². The van der Waals surface area contributed by atoms with Gasteiger partial charge in [-0.25, -0.2) is 4.79 Å². The number of rotatable bonds is 3. The van der Waals surface area contributed by atoms with Gasteiger partial charge >= 0.3 is 5.76 Å². The van der Waals surface area contributed by atoms with Crippen LogP contribution in [0, 0.1) is 0 Å². The summed E-state index contributed by atoms with van der Waals surface area (Å²) in [5, 5.41) is 0. The van der Waals surface area contributed by atoms with Crippen molar-refractivity contribution in [2.75, 3.05) is 21.2 Å².